The second kappa shape index (κ2) is 4.49. The molecule has 92 valence electrons. The second-order valence-electron chi connectivity index (χ2n) is 4.20. The van der Waals surface area contributed by atoms with Gasteiger partial charge >= 0.3 is 0 Å². The topological polar surface area (TPSA) is 55.2 Å². The molecule has 1 aliphatic rings. The summed E-state index contributed by atoms with van der Waals surface area (Å²) < 4.78 is 13.3. The molecule has 0 aliphatic heterocycles. The first-order valence-corrected chi connectivity index (χ1v) is 5.80. The molecule has 1 saturated carbocycles. The Bertz CT molecular complexity index is 467. The molecule has 2 rings (SSSR count). The van der Waals surface area contributed by atoms with E-state index in [1.165, 1.54) is 0 Å². The van der Waals surface area contributed by atoms with Gasteiger partial charge in [-0.25, -0.2) is 4.39 Å². The van der Waals surface area contributed by atoms with Gasteiger partial charge in [-0.3, -0.25) is 10.1 Å². The van der Waals surface area contributed by atoms with Crippen LogP contribution in [-0.4, -0.2) is 11.0 Å². The van der Waals surface area contributed by atoms with Crippen molar-refractivity contribution in [3.63, 3.8) is 0 Å². The first-order chi connectivity index (χ1) is 8.02. The number of hydrogen-bond donors (Lipinski definition) is 1. The maximum Gasteiger partial charge on any atom is 0.294 e. The van der Waals surface area contributed by atoms with Crippen molar-refractivity contribution < 1.29 is 9.31 Å². The number of rotatable bonds is 4. The Hall–Kier alpha value is -1.36. The lowest BCUT2D eigenvalue weighted by molar-refractivity contribution is -0.384. The van der Waals surface area contributed by atoms with Crippen LogP contribution in [0, 0.1) is 21.8 Å². The van der Waals surface area contributed by atoms with E-state index in [0.717, 1.165) is 25.0 Å². The van der Waals surface area contributed by atoms with E-state index in [-0.39, 0.29) is 22.4 Å². The van der Waals surface area contributed by atoms with Crippen LogP contribution in [0.15, 0.2) is 12.1 Å². The zero-order chi connectivity index (χ0) is 12.6. The van der Waals surface area contributed by atoms with Crippen LogP contribution in [0.25, 0.3) is 0 Å². The third-order valence-corrected chi connectivity index (χ3v) is 3.31. The van der Waals surface area contributed by atoms with E-state index < -0.39 is 10.7 Å². The zero-order valence-corrected chi connectivity index (χ0v) is 10.00. The van der Waals surface area contributed by atoms with E-state index in [9.17, 15) is 14.5 Å². The van der Waals surface area contributed by atoms with Gasteiger partial charge < -0.3 is 5.32 Å². The molecule has 0 amide bonds. The third kappa shape index (κ3) is 2.49. The number of benzene rings is 1. The maximum absolute atomic E-state index is 13.3. The first-order valence-electron chi connectivity index (χ1n) is 5.43. The van der Waals surface area contributed by atoms with Crippen molar-refractivity contribution in [1.29, 1.82) is 0 Å². The Morgan fingerprint density at radius 2 is 2.35 bits per heavy atom. The predicted molar refractivity (Wildman–Crippen MR) is 63.9 cm³/mol. The molecule has 1 aliphatic carbocycles. The standard InChI is InChI=1S/C11H12ClFN2O2/c1-2-6-3-9(6)14-10-5-8(13)7(12)4-11(10)15(16)17/h4-6,9,14H,2-3H2,1H3. The summed E-state index contributed by atoms with van der Waals surface area (Å²) in [6, 6.07) is 2.34. The van der Waals surface area contributed by atoms with E-state index in [0.29, 0.717) is 5.92 Å². The van der Waals surface area contributed by atoms with Crippen LogP contribution in [-0.2, 0) is 0 Å². The average Bonchev–Trinajstić information content (AvgIpc) is 3.01. The lowest BCUT2D eigenvalue weighted by Crippen LogP contribution is -2.07. The molecule has 0 aromatic heterocycles. The molecule has 1 aromatic rings. The Labute approximate surface area is 103 Å². The number of nitrogens with one attached hydrogen (secondary N) is 1. The van der Waals surface area contributed by atoms with Gasteiger partial charge in [0.1, 0.15) is 11.5 Å². The van der Waals surface area contributed by atoms with Gasteiger partial charge in [-0.2, -0.15) is 0 Å². The summed E-state index contributed by atoms with van der Waals surface area (Å²) in [6.07, 6.45) is 1.99. The van der Waals surface area contributed by atoms with Crippen molar-refractivity contribution in [3.05, 3.63) is 33.1 Å². The molecule has 2 unspecified atom stereocenters. The summed E-state index contributed by atoms with van der Waals surface area (Å²) in [5.74, 6) is -0.123. The molecule has 0 spiro atoms. The van der Waals surface area contributed by atoms with Gasteiger partial charge in [0.15, 0.2) is 0 Å². The molecule has 1 fully saturated rings. The van der Waals surface area contributed by atoms with Crippen molar-refractivity contribution in [2.24, 2.45) is 5.92 Å². The minimum absolute atomic E-state index is 0.182. The quantitative estimate of drug-likeness (QED) is 0.663. The Kier molecular flexibility index (Phi) is 3.19. The Morgan fingerprint density at radius 3 is 2.88 bits per heavy atom. The van der Waals surface area contributed by atoms with Crippen LogP contribution >= 0.6 is 11.6 Å². The number of nitro groups is 1. The van der Waals surface area contributed by atoms with E-state index in [2.05, 4.69) is 12.2 Å². The van der Waals surface area contributed by atoms with Gasteiger partial charge in [0.25, 0.3) is 5.69 Å². The monoisotopic (exact) mass is 258 g/mol. The fourth-order valence-electron chi connectivity index (χ4n) is 1.88. The molecule has 0 bridgehead atoms. The van der Waals surface area contributed by atoms with Crippen molar-refractivity contribution in [3.8, 4) is 0 Å². The van der Waals surface area contributed by atoms with E-state index >= 15 is 0 Å². The van der Waals surface area contributed by atoms with Crippen molar-refractivity contribution in [1.82, 2.24) is 0 Å². The molecule has 2 atom stereocenters. The smallest absolute Gasteiger partial charge is 0.294 e. The summed E-state index contributed by atoms with van der Waals surface area (Å²) in [4.78, 5) is 10.3. The minimum Gasteiger partial charge on any atom is -0.376 e. The van der Waals surface area contributed by atoms with Gasteiger partial charge in [0, 0.05) is 18.2 Å². The van der Waals surface area contributed by atoms with Crippen LogP contribution in [0.1, 0.15) is 19.8 Å². The molecule has 0 heterocycles. The molecule has 0 saturated heterocycles. The molecular formula is C11H12ClFN2O2. The van der Waals surface area contributed by atoms with Crippen LogP contribution < -0.4 is 5.32 Å². The highest BCUT2D eigenvalue weighted by Gasteiger charge is 2.36. The average molecular weight is 259 g/mol. The fourth-order valence-corrected chi connectivity index (χ4v) is 2.04. The first kappa shape index (κ1) is 12.1. The summed E-state index contributed by atoms with van der Waals surface area (Å²) in [7, 11) is 0. The minimum atomic E-state index is -0.645. The molecule has 4 nitrogen and oxygen atoms in total. The van der Waals surface area contributed by atoms with Gasteiger partial charge in [0.05, 0.1) is 9.95 Å². The van der Waals surface area contributed by atoms with Crippen molar-refractivity contribution >= 4 is 23.0 Å². The SMILES string of the molecule is CCC1CC1Nc1cc(F)c(Cl)cc1[N+](=O)[O-]. The van der Waals surface area contributed by atoms with Crippen LogP contribution in [0.5, 0.6) is 0 Å². The molecule has 17 heavy (non-hydrogen) atoms. The number of halogens is 2. The van der Waals surface area contributed by atoms with Gasteiger partial charge in [-0.05, 0) is 12.3 Å². The van der Waals surface area contributed by atoms with Gasteiger partial charge in [-0.1, -0.05) is 24.9 Å². The van der Waals surface area contributed by atoms with Crippen LogP contribution in [0.4, 0.5) is 15.8 Å². The van der Waals surface area contributed by atoms with Crippen LogP contribution in [0.3, 0.4) is 0 Å². The summed E-state index contributed by atoms with van der Waals surface area (Å²) in [6.45, 7) is 2.06. The molecule has 1 N–H and O–H groups in total. The highest BCUT2D eigenvalue weighted by molar-refractivity contribution is 6.31. The Balaban J connectivity index is 2.25. The lowest BCUT2D eigenvalue weighted by Gasteiger charge is -2.07. The highest BCUT2D eigenvalue weighted by Crippen LogP contribution is 2.39. The summed E-state index contributed by atoms with van der Waals surface area (Å²) >= 11 is 5.53. The maximum atomic E-state index is 13.3. The normalized spacial score (nSPS) is 22.3. The summed E-state index contributed by atoms with van der Waals surface area (Å²) in [5.41, 5.74) is 0.0241. The largest absolute Gasteiger partial charge is 0.376 e. The zero-order valence-electron chi connectivity index (χ0n) is 9.24. The van der Waals surface area contributed by atoms with Crippen molar-refractivity contribution in [2.75, 3.05) is 5.32 Å². The van der Waals surface area contributed by atoms with Crippen molar-refractivity contribution in [2.45, 2.75) is 25.8 Å². The van der Waals surface area contributed by atoms with Crippen LogP contribution in [0.2, 0.25) is 5.02 Å². The molecule has 0 radical (unpaired) electrons. The lowest BCUT2D eigenvalue weighted by atomic mass is 10.2. The number of nitrogens with zero attached hydrogens (tertiary/aromatic N) is 1. The Morgan fingerprint density at radius 1 is 1.65 bits per heavy atom. The predicted octanol–water partition coefficient (Wildman–Crippen LogP) is 3.60. The molecule has 6 heteroatoms. The van der Waals surface area contributed by atoms with Gasteiger partial charge in [0.2, 0.25) is 0 Å². The van der Waals surface area contributed by atoms with E-state index in [1.807, 2.05) is 0 Å². The van der Waals surface area contributed by atoms with Gasteiger partial charge in [-0.15, -0.1) is 0 Å². The highest BCUT2D eigenvalue weighted by atomic mass is 35.5. The molecule has 1 aromatic carbocycles. The second-order valence-corrected chi connectivity index (χ2v) is 4.60. The molecular weight excluding hydrogens is 247 g/mol. The van der Waals surface area contributed by atoms with E-state index in [1.54, 1.807) is 0 Å². The summed E-state index contributed by atoms with van der Waals surface area (Å²) in [5, 5.41) is 13.6. The number of nitro benzene ring substituents is 1. The fraction of sp³-hybridized carbons (Fsp3) is 0.455. The van der Waals surface area contributed by atoms with E-state index in [4.69, 9.17) is 11.6 Å². The number of anilines is 1. The third-order valence-electron chi connectivity index (χ3n) is 3.02. The number of hydrogen-bond acceptors (Lipinski definition) is 3.